The van der Waals surface area contributed by atoms with Gasteiger partial charge < -0.3 is 0 Å². The summed E-state index contributed by atoms with van der Waals surface area (Å²) in [6, 6.07) is 71.3. The fourth-order valence-electron chi connectivity index (χ4n) is 8.00. The van der Waals surface area contributed by atoms with E-state index in [4.69, 9.17) is 0 Å². The van der Waals surface area contributed by atoms with E-state index in [-0.39, 0.29) is 0 Å². The van der Waals surface area contributed by atoms with E-state index in [1.165, 1.54) is 98.4 Å². The predicted octanol–water partition coefficient (Wildman–Crippen LogP) is 14.1. The molecule has 0 heteroatoms. The molecule has 0 aliphatic heterocycles. The fraction of sp³-hybridized carbons (Fsp3) is 0. The van der Waals surface area contributed by atoms with Gasteiger partial charge in [-0.15, -0.1) is 0 Å². The lowest BCUT2D eigenvalue weighted by atomic mass is 9.85. The van der Waals surface area contributed by atoms with Gasteiger partial charge in [-0.2, -0.15) is 0 Å². The van der Waals surface area contributed by atoms with Crippen LogP contribution < -0.4 is 0 Å². The second-order valence-corrected chi connectivity index (χ2v) is 13.3. The molecule has 10 aromatic rings. The average Bonchev–Trinajstić information content (AvgIpc) is 3.19. The highest BCUT2D eigenvalue weighted by atomic mass is 14.2. The highest BCUT2D eigenvalue weighted by molar-refractivity contribution is 6.22. The molecule has 10 rings (SSSR count). The molecule has 0 saturated heterocycles. The van der Waals surface area contributed by atoms with Crippen LogP contribution in [0.1, 0.15) is 0 Å². The van der Waals surface area contributed by atoms with Gasteiger partial charge in [0, 0.05) is 0 Å². The Morgan fingerprint density at radius 1 is 0.180 bits per heavy atom. The van der Waals surface area contributed by atoms with Crippen molar-refractivity contribution in [1.82, 2.24) is 0 Å². The van der Waals surface area contributed by atoms with E-state index in [0.29, 0.717) is 0 Å². The molecule has 0 aliphatic rings. The first-order valence-electron chi connectivity index (χ1n) is 17.3. The maximum absolute atomic E-state index is 2.40. The maximum Gasteiger partial charge on any atom is -0.00261 e. The fourth-order valence-corrected chi connectivity index (χ4v) is 8.00. The lowest BCUT2D eigenvalue weighted by Crippen LogP contribution is -1.91. The topological polar surface area (TPSA) is 0 Å². The zero-order valence-electron chi connectivity index (χ0n) is 27.5. The summed E-state index contributed by atoms with van der Waals surface area (Å²) in [4.78, 5) is 0. The SMILES string of the molecule is c1ccc(-c2cccc(-c3ccc4cc(-c5c6ccccc6c(-c6ccc7ccc8ccccc8c7c6)c6ccccc56)ccc4c3)c2)cc1. The van der Waals surface area contributed by atoms with Crippen molar-refractivity contribution >= 4 is 53.9 Å². The smallest absolute Gasteiger partial charge is 0.00261 e. The molecule has 0 aliphatic carbocycles. The van der Waals surface area contributed by atoms with Crippen molar-refractivity contribution in [2.24, 2.45) is 0 Å². The van der Waals surface area contributed by atoms with Crippen LogP contribution in [0.3, 0.4) is 0 Å². The second kappa shape index (κ2) is 11.6. The molecule has 0 spiro atoms. The molecule has 0 N–H and O–H groups in total. The minimum absolute atomic E-state index is 1.23. The van der Waals surface area contributed by atoms with Crippen LogP contribution in [0.2, 0.25) is 0 Å². The van der Waals surface area contributed by atoms with Crippen LogP contribution >= 0.6 is 0 Å². The first-order valence-corrected chi connectivity index (χ1v) is 17.3. The minimum Gasteiger partial charge on any atom is -0.0622 e. The van der Waals surface area contributed by atoms with Crippen molar-refractivity contribution in [2.75, 3.05) is 0 Å². The summed E-state index contributed by atoms with van der Waals surface area (Å²) in [5.41, 5.74) is 9.98. The standard InChI is InChI=1S/C50H32/c1-2-11-33(12-3-1)36-14-10-15-37(29-36)38-24-25-40-31-41(28-26-39(40)30-38)49-44-17-6-8-19-46(44)50(47-20-9-7-18-45(47)49)42-27-23-35-22-21-34-13-4-5-16-43(34)48(35)32-42/h1-32H. The molecule has 0 fully saturated rings. The Kier molecular flexibility index (Phi) is 6.60. The molecule has 0 saturated carbocycles. The number of rotatable bonds is 4. The van der Waals surface area contributed by atoms with E-state index in [2.05, 4.69) is 194 Å². The molecule has 0 heterocycles. The van der Waals surface area contributed by atoms with Crippen molar-refractivity contribution in [3.63, 3.8) is 0 Å². The highest BCUT2D eigenvalue weighted by Gasteiger charge is 2.17. The Bertz CT molecular complexity index is 2860. The summed E-state index contributed by atoms with van der Waals surface area (Å²) in [5, 5.41) is 12.7. The lowest BCUT2D eigenvalue weighted by molar-refractivity contribution is 1.60. The molecule has 232 valence electrons. The van der Waals surface area contributed by atoms with Gasteiger partial charge in [0.15, 0.2) is 0 Å². The molecule has 0 bridgehead atoms. The normalized spacial score (nSPS) is 11.6. The Morgan fingerprint density at radius 3 is 1.22 bits per heavy atom. The molecular weight excluding hydrogens is 601 g/mol. The van der Waals surface area contributed by atoms with Gasteiger partial charge >= 0.3 is 0 Å². The van der Waals surface area contributed by atoms with Crippen LogP contribution in [-0.2, 0) is 0 Å². The van der Waals surface area contributed by atoms with E-state index >= 15 is 0 Å². The molecule has 0 amide bonds. The minimum atomic E-state index is 1.23. The van der Waals surface area contributed by atoms with Crippen molar-refractivity contribution in [3.05, 3.63) is 194 Å². The molecule has 0 atom stereocenters. The Labute approximate surface area is 291 Å². The number of fused-ring (bicyclic) bond motifs is 6. The monoisotopic (exact) mass is 632 g/mol. The third kappa shape index (κ3) is 4.69. The van der Waals surface area contributed by atoms with Crippen LogP contribution in [0, 0.1) is 0 Å². The summed E-state index contributed by atoms with van der Waals surface area (Å²) in [7, 11) is 0. The summed E-state index contributed by atoms with van der Waals surface area (Å²) < 4.78 is 0. The van der Waals surface area contributed by atoms with Crippen molar-refractivity contribution < 1.29 is 0 Å². The van der Waals surface area contributed by atoms with Gasteiger partial charge in [-0.05, 0) is 123 Å². The van der Waals surface area contributed by atoms with Gasteiger partial charge in [-0.1, -0.05) is 170 Å². The Balaban J connectivity index is 1.13. The van der Waals surface area contributed by atoms with Gasteiger partial charge in [0.05, 0.1) is 0 Å². The predicted molar refractivity (Wildman–Crippen MR) is 216 cm³/mol. The zero-order chi connectivity index (χ0) is 33.0. The van der Waals surface area contributed by atoms with Gasteiger partial charge in [0.1, 0.15) is 0 Å². The molecule has 0 nitrogen and oxygen atoms in total. The van der Waals surface area contributed by atoms with Gasteiger partial charge in [0.25, 0.3) is 0 Å². The van der Waals surface area contributed by atoms with Gasteiger partial charge in [-0.3, -0.25) is 0 Å². The quantitative estimate of drug-likeness (QED) is 0.134. The molecule has 0 radical (unpaired) electrons. The largest absolute Gasteiger partial charge is 0.0622 e. The van der Waals surface area contributed by atoms with E-state index in [9.17, 15) is 0 Å². The third-order valence-electron chi connectivity index (χ3n) is 10.4. The summed E-state index contributed by atoms with van der Waals surface area (Å²) in [5.74, 6) is 0. The van der Waals surface area contributed by atoms with Crippen molar-refractivity contribution in [2.45, 2.75) is 0 Å². The van der Waals surface area contributed by atoms with E-state index < -0.39 is 0 Å². The van der Waals surface area contributed by atoms with Crippen molar-refractivity contribution in [1.29, 1.82) is 0 Å². The molecule has 0 unspecified atom stereocenters. The van der Waals surface area contributed by atoms with E-state index in [1.807, 2.05) is 0 Å². The average molecular weight is 633 g/mol. The first kappa shape index (κ1) is 28.5. The molecule has 10 aromatic carbocycles. The zero-order valence-corrected chi connectivity index (χ0v) is 27.5. The first-order chi connectivity index (χ1) is 24.8. The van der Waals surface area contributed by atoms with E-state index in [1.54, 1.807) is 0 Å². The molecular formula is C50H32. The van der Waals surface area contributed by atoms with Crippen LogP contribution in [0.25, 0.3) is 98.4 Å². The second-order valence-electron chi connectivity index (χ2n) is 13.3. The van der Waals surface area contributed by atoms with Crippen LogP contribution in [-0.4, -0.2) is 0 Å². The maximum atomic E-state index is 2.40. The van der Waals surface area contributed by atoms with Crippen LogP contribution in [0.4, 0.5) is 0 Å². The number of hydrogen-bond donors (Lipinski definition) is 0. The van der Waals surface area contributed by atoms with Crippen molar-refractivity contribution in [3.8, 4) is 44.5 Å². The Morgan fingerprint density at radius 2 is 0.580 bits per heavy atom. The number of hydrogen-bond acceptors (Lipinski definition) is 0. The Hall–Kier alpha value is -6.50. The summed E-state index contributed by atoms with van der Waals surface area (Å²) in [6.07, 6.45) is 0. The van der Waals surface area contributed by atoms with Crippen LogP contribution in [0.15, 0.2) is 194 Å². The van der Waals surface area contributed by atoms with Gasteiger partial charge in [-0.25, -0.2) is 0 Å². The van der Waals surface area contributed by atoms with E-state index in [0.717, 1.165) is 0 Å². The highest BCUT2D eigenvalue weighted by Crippen LogP contribution is 2.45. The van der Waals surface area contributed by atoms with Gasteiger partial charge in [0.2, 0.25) is 0 Å². The molecule has 50 heavy (non-hydrogen) atoms. The van der Waals surface area contributed by atoms with Crippen LogP contribution in [0.5, 0.6) is 0 Å². The summed E-state index contributed by atoms with van der Waals surface area (Å²) in [6.45, 7) is 0. The lowest BCUT2D eigenvalue weighted by Gasteiger charge is -2.18. The third-order valence-corrected chi connectivity index (χ3v) is 10.4. The molecule has 0 aromatic heterocycles. The number of benzene rings is 10. The summed E-state index contributed by atoms with van der Waals surface area (Å²) >= 11 is 0.